The molecular formula is C14H12FN3. The summed E-state index contributed by atoms with van der Waals surface area (Å²) in [5.74, 6) is 0. The molecule has 0 aliphatic rings. The quantitative estimate of drug-likeness (QED) is 0.421. The van der Waals surface area contributed by atoms with E-state index in [4.69, 9.17) is 5.53 Å². The molecule has 0 saturated heterocycles. The molecule has 0 fully saturated rings. The summed E-state index contributed by atoms with van der Waals surface area (Å²) in [5.41, 5.74) is 9.77. The molecule has 0 saturated carbocycles. The van der Waals surface area contributed by atoms with E-state index in [0.29, 0.717) is 11.1 Å². The molecule has 0 bridgehead atoms. The first-order valence-corrected chi connectivity index (χ1v) is 5.61. The molecule has 0 aliphatic carbocycles. The SMILES string of the molecule is [N-]=[N+]=N[C@@H](c1ccccc1)[C@H](F)c1ccccc1. The third kappa shape index (κ3) is 2.67. The molecule has 2 atom stereocenters. The van der Waals surface area contributed by atoms with Crippen LogP contribution in [0, 0.1) is 0 Å². The lowest BCUT2D eigenvalue weighted by molar-refractivity contribution is 0.291. The molecular weight excluding hydrogens is 229 g/mol. The topological polar surface area (TPSA) is 48.8 Å². The van der Waals surface area contributed by atoms with Crippen molar-refractivity contribution in [2.24, 2.45) is 5.11 Å². The molecule has 18 heavy (non-hydrogen) atoms. The summed E-state index contributed by atoms with van der Waals surface area (Å²) in [4.78, 5) is 2.74. The highest BCUT2D eigenvalue weighted by atomic mass is 19.1. The Kier molecular flexibility index (Phi) is 3.94. The maximum absolute atomic E-state index is 14.4. The lowest BCUT2D eigenvalue weighted by atomic mass is 9.98. The van der Waals surface area contributed by atoms with Crippen LogP contribution in [-0.2, 0) is 0 Å². The van der Waals surface area contributed by atoms with Gasteiger partial charge in [-0.05, 0) is 16.7 Å². The minimum absolute atomic E-state index is 0.513. The van der Waals surface area contributed by atoms with E-state index in [1.54, 1.807) is 48.5 Å². The zero-order chi connectivity index (χ0) is 12.8. The van der Waals surface area contributed by atoms with Crippen molar-refractivity contribution in [2.45, 2.75) is 12.2 Å². The fourth-order valence-electron chi connectivity index (χ4n) is 1.82. The van der Waals surface area contributed by atoms with Crippen LogP contribution in [0.2, 0.25) is 0 Å². The van der Waals surface area contributed by atoms with Crippen LogP contribution in [0.5, 0.6) is 0 Å². The summed E-state index contributed by atoms with van der Waals surface area (Å²) in [7, 11) is 0. The molecule has 4 heteroatoms. The van der Waals surface area contributed by atoms with Crippen LogP contribution in [0.3, 0.4) is 0 Å². The van der Waals surface area contributed by atoms with Gasteiger partial charge in [0.2, 0.25) is 0 Å². The second-order valence-corrected chi connectivity index (χ2v) is 3.87. The van der Waals surface area contributed by atoms with Crippen molar-refractivity contribution in [3.05, 3.63) is 82.2 Å². The number of halogens is 1. The van der Waals surface area contributed by atoms with Crippen LogP contribution >= 0.6 is 0 Å². The van der Waals surface area contributed by atoms with Crippen LogP contribution in [0.4, 0.5) is 4.39 Å². The number of rotatable bonds is 4. The van der Waals surface area contributed by atoms with Gasteiger partial charge in [-0.15, -0.1) is 0 Å². The van der Waals surface area contributed by atoms with Crippen molar-refractivity contribution in [2.75, 3.05) is 0 Å². The van der Waals surface area contributed by atoms with Crippen LogP contribution in [0.1, 0.15) is 23.3 Å². The van der Waals surface area contributed by atoms with Gasteiger partial charge in [-0.3, -0.25) is 0 Å². The molecule has 0 aliphatic heterocycles. The Morgan fingerprint density at radius 2 is 1.39 bits per heavy atom. The van der Waals surface area contributed by atoms with Crippen LogP contribution in [0.15, 0.2) is 65.8 Å². The number of azide groups is 1. The van der Waals surface area contributed by atoms with Crippen LogP contribution in [-0.4, -0.2) is 0 Å². The van der Waals surface area contributed by atoms with E-state index in [0.717, 1.165) is 0 Å². The average molecular weight is 241 g/mol. The molecule has 0 amide bonds. The van der Waals surface area contributed by atoms with Gasteiger partial charge in [-0.25, -0.2) is 4.39 Å². The molecule has 0 unspecified atom stereocenters. The van der Waals surface area contributed by atoms with Crippen molar-refractivity contribution in [3.63, 3.8) is 0 Å². The summed E-state index contributed by atoms with van der Waals surface area (Å²) < 4.78 is 14.4. The predicted molar refractivity (Wildman–Crippen MR) is 68.6 cm³/mol. The van der Waals surface area contributed by atoms with Gasteiger partial charge in [0.15, 0.2) is 0 Å². The number of hydrogen-bond donors (Lipinski definition) is 0. The zero-order valence-electron chi connectivity index (χ0n) is 9.65. The summed E-state index contributed by atoms with van der Waals surface area (Å²) in [5, 5.41) is 3.58. The fraction of sp³-hybridized carbons (Fsp3) is 0.143. The van der Waals surface area contributed by atoms with Gasteiger partial charge in [0.05, 0.1) is 6.04 Å². The number of nitrogens with zero attached hydrogens (tertiary/aromatic N) is 3. The molecule has 0 radical (unpaired) electrons. The molecule has 3 nitrogen and oxygen atoms in total. The predicted octanol–water partition coefficient (Wildman–Crippen LogP) is 4.75. The first-order valence-electron chi connectivity index (χ1n) is 5.61. The van der Waals surface area contributed by atoms with E-state index < -0.39 is 12.2 Å². The normalized spacial score (nSPS) is 13.4. The highest BCUT2D eigenvalue weighted by Gasteiger charge is 2.23. The first kappa shape index (κ1) is 12.1. The van der Waals surface area contributed by atoms with Crippen molar-refractivity contribution < 1.29 is 4.39 Å². The molecule has 0 heterocycles. The Morgan fingerprint density at radius 3 is 1.89 bits per heavy atom. The Labute approximate surface area is 105 Å². The number of benzene rings is 2. The van der Waals surface area contributed by atoms with Gasteiger partial charge < -0.3 is 0 Å². The fourth-order valence-corrected chi connectivity index (χ4v) is 1.82. The van der Waals surface area contributed by atoms with E-state index in [9.17, 15) is 4.39 Å². The number of alkyl halides is 1. The molecule has 2 aromatic rings. The minimum Gasteiger partial charge on any atom is -0.241 e. The van der Waals surface area contributed by atoms with E-state index >= 15 is 0 Å². The monoisotopic (exact) mass is 241 g/mol. The molecule has 90 valence electrons. The number of hydrogen-bond acceptors (Lipinski definition) is 1. The average Bonchev–Trinajstić information content (AvgIpc) is 2.46. The maximum atomic E-state index is 14.4. The summed E-state index contributed by atoms with van der Waals surface area (Å²) in [6.45, 7) is 0. The van der Waals surface area contributed by atoms with Crippen molar-refractivity contribution in [1.82, 2.24) is 0 Å². The van der Waals surface area contributed by atoms with Gasteiger partial charge in [0.1, 0.15) is 6.17 Å². The van der Waals surface area contributed by atoms with Gasteiger partial charge in [0, 0.05) is 4.91 Å². The Balaban J connectivity index is 2.35. The van der Waals surface area contributed by atoms with E-state index in [-0.39, 0.29) is 0 Å². The molecule has 0 spiro atoms. The second-order valence-electron chi connectivity index (χ2n) is 3.87. The molecule has 0 N–H and O–H groups in total. The van der Waals surface area contributed by atoms with Crippen molar-refractivity contribution in [1.29, 1.82) is 0 Å². The lowest BCUT2D eigenvalue weighted by Crippen LogP contribution is -2.04. The molecule has 0 aromatic heterocycles. The lowest BCUT2D eigenvalue weighted by Gasteiger charge is -2.16. The molecule has 2 aromatic carbocycles. The zero-order valence-corrected chi connectivity index (χ0v) is 9.65. The second kappa shape index (κ2) is 5.84. The third-order valence-corrected chi connectivity index (χ3v) is 2.71. The van der Waals surface area contributed by atoms with Crippen molar-refractivity contribution >= 4 is 0 Å². The Hall–Kier alpha value is -2.32. The van der Waals surface area contributed by atoms with Gasteiger partial charge in [0.25, 0.3) is 0 Å². The summed E-state index contributed by atoms with van der Waals surface area (Å²) in [6.07, 6.45) is -1.34. The van der Waals surface area contributed by atoms with Gasteiger partial charge >= 0.3 is 0 Å². The summed E-state index contributed by atoms with van der Waals surface area (Å²) in [6, 6.07) is 16.8. The standard InChI is InChI=1S/C14H12FN3/c15-13(11-7-3-1-4-8-11)14(17-18-16)12-9-5-2-6-10-12/h1-10,13-14H/t13-,14+/m1/s1. The third-order valence-electron chi connectivity index (χ3n) is 2.71. The minimum atomic E-state index is -1.34. The smallest absolute Gasteiger partial charge is 0.138 e. The van der Waals surface area contributed by atoms with E-state index in [1.165, 1.54) is 0 Å². The van der Waals surface area contributed by atoms with Crippen LogP contribution < -0.4 is 0 Å². The van der Waals surface area contributed by atoms with Crippen molar-refractivity contribution in [3.8, 4) is 0 Å². The highest BCUT2D eigenvalue weighted by molar-refractivity contribution is 5.26. The van der Waals surface area contributed by atoms with Gasteiger partial charge in [-0.2, -0.15) is 0 Å². The Morgan fingerprint density at radius 1 is 0.889 bits per heavy atom. The van der Waals surface area contributed by atoms with Gasteiger partial charge in [-0.1, -0.05) is 65.8 Å². The first-order chi connectivity index (χ1) is 8.83. The molecule has 2 rings (SSSR count). The van der Waals surface area contributed by atoms with Crippen LogP contribution in [0.25, 0.3) is 10.4 Å². The highest BCUT2D eigenvalue weighted by Crippen LogP contribution is 2.35. The van der Waals surface area contributed by atoms with E-state index in [2.05, 4.69) is 10.0 Å². The summed E-state index contributed by atoms with van der Waals surface area (Å²) >= 11 is 0. The Bertz CT molecular complexity index is 535. The largest absolute Gasteiger partial charge is 0.241 e. The maximum Gasteiger partial charge on any atom is 0.138 e. The van der Waals surface area contributed by atoms with E-state index in [1.807, 2.05) is 12.1 Å².